The van der Waals surface area contributed by atoms with Crippen molar-refractivity contribution < 1.29 is 9.90 Å². The third kappa shape index (κ3) is 3.73. The van der Waals surface area contributed by atoms with E-state index in [0.29, 0.717) is 10.7 Å². The van der Waals surface area contributed by atoms with Crippen molar-refractivity contribution in [2.75, 3.05) is 11.9 Å². The van der Waals surface area contributed by atoms with Gasteiger partial charge in [0.25, 0.3) is 0 Å². The van der Waals surface area contributed by atoms with Gasteiger partial charge in [0.15, 0.2) is 0 Å². The molecule has 0 unspecified atom stereocenters. The second kappa shape index (κ2) is 6.93. The molecule has 0 aliphatic rings. The molecule has 1 atom stereocenters. The normalized spacial score (nSPS) is 11.7. The van der Waals surface area contributed by atoms with Crippen molar-refractivity contribution in [3.8, 4) is 0 Å². The molecule has 4 nitrogen and oxygen atoms in total. The first kappa shape index (κ1) is 14.4. The number of hydrogen-bond acceptors (Lipinski definition) is 2. The van der Waals surface area contributed by atoms with Crippen LogP contribution in [0, 0.1) is 0 Å². The lowest BCUT2D eigenvalue weighted by atomic mass is 10.1. The van der Waals surface area contributed by atoms with E-state index in [1.54, 1.807) is 24.3 Å². The smallest absolute Gasteiger partial charge is 0.319 e. The number of hydrogen-bond donors (Lipinski definition) is 3. The number of nitrogens with one attached hydrogen (secondary N) is 2. The van der Waals surface area contributed by atoms with Crippen molar-refractivity contribution in [3.05, 3.63) is 65.2 Å². The number of amides is 2. The van der Waals surface area contributed by atoms with E-state index < -0.39 is 12.1 Å². The van der Waals surface area contributed by atoms with Crippen LogP contribution in [-0.2, 0) is 0 Å². The fraction of sp³-hybridized carbons (Fsp3) is 0.133. The predicted molar refractivity (Wildman–Crippen MR) is 79.9 cm³/mol. The number of halogens is 1. The van der Waals surface area contributed by atoms with Crippen LogP contribution in [0.3, 0.4) is 0 Å². The quantitative estimate of drug-likeness (QED) is 0.810. The molecular weight excluding hydrogens is 276 g/mol. The second-order valence-corrected chi connectivity index (χ2v) is 4.63. The first-order valence-corrected chi connectivity index (χ1v) is 6.56. The molecule has 0 aliphatic heterocycles. The average molecular weight is 291 g/mol. The van der Waals surface area contributed by atoms with Crippen LogP contribution >= 0.6 is 11.6 Å². The van der Waals surface area contributed by atoms with E-state index in [9.17, 15) is 9.90 Å². The van der Waals surface area contributed by atoms with Crippen LogP contribution in [-0.4, -0.2) is 17.7 Å². The molecule has 0 saturated carbocycles. The van der Waals surface area contributed by atoms with Gasteiger partial charge in [-0.2, -0.15) is 0 Å². The van der Waals surface area contributed by atoms with Crippen molar-refractivity contribution in [3.63, 3.8) is 0 Å². The summed E-state index contributed by atoms with van der Waals surface area (Å²) < 4.78 is 0. The lowest BCUT2D eigenvalue weighted by Gasteiger charge is -2.17. The maximum atomic E-state index is 11.9. The van der Waals surface area contributed by atoms with Crippen LogP contribution in [0.1, 0.15) is 11.6 Å². The highest BCUT2D eigenvalue weighted by Crippen LogP contribution is 2.20. The molecule has 3 N–H and O–H groups in total. The molecule has 2 aromatic carbocycles. The first-order valence-electron chi connectivity index (χ1n) is 6.18. The molecule has 0 spiro atoms. The Bertz CT molecular complexity index is 575. The molecule has 0 saturated heterocycles. The molecule has 20 heavy (non-hydrogen) atoms. The Hall–Kier alpha value is -2.04. The van der Waals surface area contributed by atoms with Gasteiger partial charge in [-0.1, -0.05) is 54.1 Å². The van der Waals surface area contributed by atoms with Gasteiger partial charge in [-0.3, -0.25) is 0 Å². The monoisotopic (exact) mass is 290 g/mol. The molecule has 0 aliphatic carbocycles. The lowest BCUT2D eigenvalue weighted by Crippen LogP contribution is -2.34. The van der Waals surface area contributed by atoms with Gasteiger partial charge >= 0.3 is 6.03 Å². The van der Waals surface area contributed by atoms with Crippen molar-refractivity contribution in [2.24, 2.45) is 0 Å². The number of benzene rings is 2. The summed E-state index contributed by atoms with van der Waals surface area (Å²) in [7, 11) is 0. The van der Waals surface area contributed by atoms with Gasteiger partial charge in [0.2, 0.25) is 0 Å². The first-order chi connectivity index (χ1) is 9.70. The number of anilines is 1. The average Bonchev–Trinajstić information content (AvgIpc) is 2.48. The topological polar surface area (TPSA) is 61.4 Å². The van der Waals surface area contributed by atoms with E-state index in [1.165, 1.54) is 0 Å². The Morgan fingerprint density at radius 3 is 2.40 bits per heavy atom. The minimum atomic E-state index is -0.460. The largest absolute Gasteiger partial charge is 0.394 e. The molecule has 2 aromatic rings. The van der Waals surface area contributed by atoms with E-state index in [-0.39, 0.29) is 6.61 Å². The zero-order valence-corrected chi connectivity index (χ0v) is 11.5. The summed E-state index contributed by atoms with van der Waals surface area (Å²) in [4.78, 5) is 11.9. The number of rotatable bonds is 4. The molecule has 0 radical (unpaired) electrons. The number of urea groups is 1. The minimum absolute atomic E-state index is 0.181. The van der Waals surface area contributed by atoms with Crippen LogP contribution in [0.25, 0.3) is 0 Å². The summed E-state index contributed by atoms with van der Waals surface area (Å²) in [6.07, 6.45) is 0. The van der Waals surface area contributed by atoms with E-state index in [0.717, 1.165) is 5.56 Å². The molecule has 5 heteroatoms. The van der Waals surface area contributed by atoms with Crippen molar-refractivity contribution in [2.45, 2.75) is 6.04 Å². The summed E-state index contributed by atoms with van der Waals surface area (Å²) in [5.74, 6) is 0. The summed E-state index contributed by atoms with van der Waals surface area (Å²) in [5.41, 5.74) is 1.36. The number of carbonyl (C=O) groups is 1. The van der Waals surface area contributed by atoms with Crippen molar-refractivity contribution in [1.82, 2.24) is 5.32 Å². The molecule has 2 amide bonds. The summed E-state index contributed by atoms with van der Waals surface area (Å²) in [6.45, 7) is -0.181. The van der Waals surface area contributed by atoms with Gasteiger partial charge in [-0.05, 0) is 17.7 Å². The number of aliphatic hydroxyl groups excluding tert-OH is 1. The molecule has 0 heterocycles. The maximum Gasteiger partial charge on any atom is 0.319 e. The van der Waals surface area contributed by atoms with Gasteiger partial charge < -0.3 is 15.7 Å². The highest BCUT2D eigenvalue weighted by Gasteiger charge is 2.13. The van der Waals surface area contributed by atoms with Gasteiger partial charge in [-0.15, -0.1) is 0 Å². The van der Waals surface area contributed by atoms with Crippen LogP contribution in [0.4, 0.5) is 10.5 Å². The zero-order valence-electron chi connectivity index (χ0n) is 10.7. The van der Waals surface area contributed by atoms with E-state index >= 15 is 0 Å². The highest BCUT2D eigenvalue weighted by atomic mass is 35.5. The van der Waals surface area contributed by atoms with Crippen molar-refractivity contribution in [1.29, 1.82) is 0 Å². The Kier molecular flexibility index (Phi) is 4.98. The molecule has 0 fully saturated rings. The minimum Gasteiger partial charge on any atom is -0.394 e. The summed E-state index contributed by atoms with van der Waals surface area (Å²) in [5, 5.41) is 15.2. The second-order valence-electron chi connectivity index (χ2n) is 4.22. The lowest BCUT2D eigenvalue weighted by molar-refractivity contribution is 0.225. The highest BCUT2D eigenvalue weighted by molar-refractivity contribution is 6.33. The third-order valence-corrected chi connectivity index (χ3v) is 3.14. The number of para-hydroxylation sites is 1. The molecule has 104 valence electrons. The van der Waals surface area contributed by atoms with E-state index in [1.807, 2.05) is 30.3 Å². The van der Waals surface area contributed by atoms with Gasteiger partial charge in [-0.25, -0.2) is 4.79 Å². The molecule has 0 aromatic heterocycles. The fourth-order valence-electron chi connectivity index (χ4n) is 1.80. The van der Waals surface area contributed by atoms with Gasteiger partial charge in [0.05, 0.1) is 23.4 Å². The SMILES string of the molecule is O=C(Nc1ccccc1Cl)N[C@@H](CO)c1ccccc1. The van der Waals surface area contributed by atoms with Crippen LogP contribution in [0.15, 0.2) is 54.6 Å². The Morgan fingerprint density at radius 1 is 1.10 bits per heavy atom. The van der Waals surface area contributed by atoms with Crippen LogP contribution in [0.2, 0.25) is 5.02 Å². The van der Waals surface area contributed by atoms with Gasteiger partial charge in [0.1, 0.15) is 0 Å². The number of aliphatic hydroxyl groups is 1. The Balaban J connectivity index is 2.02. The van der Waals surface area contributed by atoms with Crippen LogP contribution < -0.4 is 10.6 Å². The Morgan fingerprint density at radius 2 is 1.75 bits per heavy atom. The fourth-order valence-corrected chi connectivity index (χ4v) is 1.98. The van der Waals surface area contributed by atoms with E-state index in [4.69, 9.17) is 11.6 Å². The number of carbonyl (C=O) groups excluding carboxylic acids is 1. The van der Waals surface area contributed by atoms with Crippen LogP contribution in [0.5, 0.6) is 0 Å². The summed E-state index contributed by atoms with van der Waals surface area (Å²) >= 11 is 5.96. The third-order valence-electron chi connectivity index (χ3n) is 2.81. The molecule has 0 bridgehead atoms. The zero-order chi connectivity index (χ0) is 14.4. The standard InChI is InChI=1S/C15H15ClN2O2/c16-12-8-4-5-9-13(12)17-15(20)18-14(10-19)11-6-2-1-3-7-11/h1-9,14,19H,10H2,(H2,17,18,20)/t14-/m0/s1. The molecule has 2 rings (SSSR count). The van der Waals surface area contributed by atoms with Crippen molar-refractivity contribution >= 4 is 23.3 Å². The maximum absolute atomic E-state index is 11.9. The molecular formula is C15H15ClN2O2. The predicted octanol–water partition coefficient (Wildman–Crippen LogP) is 3.20. The summed E-state index contributed by atoms with van der Waals surface area (Å²) in [6, 6.07) is 15.4. The Labute approximate surface area is 122 Å². The van der Waals surface area contributed by atoms with Gasteiger partial charge in [0, 0.05) is 0 Å². The van der Waals surface area contributed by atoms with E-state index in [2.05, 4.69) is 10.6 Å².